The van der Waals surface area contributed by atoms with E-state index in [1.807, 2.05) is 13.0 Å². The zero-order valence-corrected chi connectivity index (χ0v) is 10.0. The summed E-state index contributed by atoms with van der Waals surface area (Å²) in [4.78, 5) is 2.36. The Balaban J connectivity index is 1.98. The van der Waals surface area contributed by atoms with Crippen LogP contribution in [-0.4, -0.2) is 36.2 Å². The number of likely N-dealkylation sites (tertiary alicyclic amines) is 1. The van der Waals surface area contributed by atoms with Crippen molar-refractivity contribution in [1.82, 2.24) is 4.90 Å². The van der Waals surface area contributed by atoms with E-state index in [4.69, 9.17) is 0 Å². The van der Waals surface area contributed by atoms with Crippen LogP contribution < -0.4 is 5.32 Å². The maximum absolute atomic E-state index is 9.34. The van der Waals surface area contributed by atoms with E-state index in [2.05, 4.69) is 17.3 Å². The van der Waals surface area contributed by atoms with Gasteiger partial charge in [0.15, 0.2) is 0 Å². The molecule has 3 nitrogen and oxygen atoms in total. The summed E-state index contributed by atoms with van der Waals surface area (Å²) in [6.07, 6.45) is 2.38. The quantitative estimate of drug-likeness (QED) is 0.750. The minimum Gasteiger partial charge on any atom is -0.508 e. The summed E-state index contributed by atoms with van der Waals surface area (Å²) in [5.41, 5.74) is 2.26. The first-order valence-electron chi connectivity index (χ1n) is 5.90. The van der Waals surface area contributed by atoms with Crippen LogP contribution in [0.15, 0.2) is 18.2 Å². The van der Waals surface area contributed by atoms with E-state index in [0.717, 1.165) is 24.3 Å². The van der Waals surface area contributed by atoms with E-state index in [0.29, 0.717) is 11.8 Å². The summed E-state index contributed by atoms with van der Waals surface area (Å²) in [6.45, 7) is 4.35. The highest BCUT2D eigenvalue weighted by Gasteiger charge is 2.16. The molecule has 0 radical (unpaired) electrons. The topological polar surface area (TPSA) is 35.5 Å². The van der Waals surface area contributed by atoms with Crippen molar-refractivity contribution in [3.63, 3.8) is 0 Å². The summed E-state index contributed by atoms with van der Waals surface area (Å²) in [5.74, 6) is 0.339. The number of hydrogen-bond donors (Lipinski definition) is 2. The summed E-state index contributed by atoms with van der Waals surface area (Å²) >= 11 is 0. The average Bonchev–Trinajstić information content (AvgIpc) is 2.25. The predicted molar refractivity (Wildman–Crippen MR) is 67.0 cm³/mol. The van der Waals surface area contributed by atoms with Gasteiger partial charge in [0.25, 0.3) is 0 Å². The third-order valence-corrected chi connectivity index (χ3v) is 3.29. The second-order valence-electron chi connectivity index (χ2n) is 4.72. The lowest BCUT2D eigenvalue weighted by molar-refractivity contribution is 0.264. The Bertz CT molecular complexity index is 357. The minimum atomic E-state index is 0.339. The van der Waals surface area contributed by atoms with Crippen LogP contribution in [0.3, 0.4) is 0 Å². The van der Waals surface area contributed by atoms with Gasteiger partial charge in [0, 0.05) is 11.7 Å². The highest BCUT2D eigenvalue weighted by Crippen LogP contribution is 2.22. The van der Waals surface area contributed by atoms with Crippen molar-refractivity contribution in [3.8, 4) is 5.75 Å². The number of anilines is 1. The molecule has 1 aromatic carbocycles. The molecule has 88 valence electrons. The highest BCUT2D eigenvalue weighted by molar-refractivity contribution is 5.53. The zero-order valence-electron chi connectivity index (χ0n) is 10.0. The molecule has 0 spiro atoms. The van der Waals surface area contributed by atoms with Crippen molar-refractivity contribution >= 4 is 5.69 Å². The van der Waals surface area contributed by atoms with E-state index >= 15 is 0 Å². The fraction of sp³-hybridized carbons (Fsp3) is 0.538. The van der Waals surface area contributed by atoms with Gasteiger partial charge in [-0.2, -0.15) is 0 Å². The first kappa shape index (κ1) is 11.3. The standard InChI is InChI=1S/C13H20N2O/c1-10-9-12(16)3-4-13(10)14-11-5-7-15(2)8-6-11/h3-4,9,11,14,16H,5-8H2,1-2H3. The molecule has 3 heteroatoms. The van der Waals surface area contributed by atoms with Gasteiger partial charge < -0.3 is 15.3 Å². The monoisotopic (exact) mass is 220 g/mol. The van der Waals surface area contributed by atoms with Gasteiger partial charge in [-0.05, 0) is 63.7 Å². The lowest BCUT2D eigenvalue weighted by atomic mass is 10.0. The van der Waals surface area contributed by atoms with Crippen molar-refractivity contribution < 1.29 is 5.11 Å². The summed E-state index contributed by atoms with van der Waals surface area (Å²) in [7, 11) is 2.17. The second kappa shape index (κ2) is 4.74. The first-order chi connectivity index (χ1) is 7.65. The molecule has 1 heterocycles. The number of rotatable bonds is 2. The van der Waals surface area contributed by atoms with Crippen molar-refractivity contribution in [2.75, 3.05) is 25.5 Å². The lowest BCUT2D eigenvalue weighted by Gasteiger charge is -2.30. The first-order valence-corrected chi connectivity index (χ1v) is 5.90. The molecule has 1 saturated heterocycles. The number of benzene rings is 1. The van der Waals surface area contributed by atoms with E-state index < -0.39 is 0 Å². The third-order valence-electron chi connectivity index (χ3n) is 3.29. The van der Waals surface area contributed by atoms with E-state index in [1.54, 1.807) is 12.1 Å². The van der Waals surface area contributed by atoms with Gasteiger partial charge in [-0.15, -0.1) is 0 Å². The fourth-order valence-electron chi connectivity index (χ4n) is 2.18. The van der Waals surface area contributed by atoms with Crippen LogP contribution in [-0.2, 0) is 0 Å². The van der Waals surface area contributed by atoms with Crippen LogP contribution in [0, 0.1) is 6.92 Å². The Labute approximate surface area is 97.1 Å². The molecular formula is C13H20N2O. The largest absolute Gasteiger partial charge is 0.508 e. The van der Waals surface area contributed by atoms with E-state index in [9.17, 15) is 5.11 Å². The maximum atomic E-state index is 9.34. The molecule has 1 aromatic rings. The number of nitrogens with one attached hydrogen (secondary N) is 1. The molecule has 16 heavy (non-hydrogen) atoms. The molecule has 0 atom stereocenters. The van der Waals surface area contributed by atoms with Gasteiger partial charge in [-0.25, -0.2) is 0 Å². The Morgan fingerprint density at radius 2 is 2.00 bits per heavy atom. The van der Waals surface area contributed by atoms with Crippen molar-refractivity contribution in [2.24, 2.45) is 0 Å². The SMILES string of the molecule is Cc1cc(O)ccc1NC1CCN(C)CC1. The Morgan fingerprint density at radius 3 is 2.62 bits per heavy atom. The Hall–Kier alpha value is -1.22. The fourth-order valence-corrected chi connectivity index (χ4v) is 2.18. The molecule has 1 fully saturated rings. The van der Waals surface area contributed by atoms with Crippen LogP contribution in [0.25, 0.3) is 0 Å². The zero-order chi connectivity index (χ0) is 11.5. The normalized spacial score (nSPS) is 18.6. The van der Waals surface area contributed by atoms with Crippen LogP contribution in [0.2, 0.25) is 0 Å². The number of aromatic hydroxyl groups is 1. The highest BCUT2D eigenvalue weighted by atomic mass is 16.3. The van der Waals surface area contributed by atoms with Gasteiger partial charge in [-0.1, -0.05) is 0 Å². The molecule has 0 saturated carbocycles. The number of phenols is 1. The van der Waals surface area contributed by atoms with Gasteiger partial charge in [0.05, 0.1) is 0 Å². The second-order valence-corrected chi connectivity index (χ2v) is 4.72. The molecule has 2 rings (SSSR count). The maximum Gasteiger partial charge on any atom is 0.115 e. The molecular weight excluding hydrogens is 200 g/mol. The van der Waals surface area contributed by atoms with Crippen molar-refractivity contribution in [1.29, 1.82) is 0 Å². The van der Waals surface area contributed by atoms with E-state index in [1.165, 1.54) is 12.8 Å². The third kappa shape index (κ3) is 2.67. The summed E-state index contributed by atoms with van der Waals surface area (Å²) < 4.78 is 0. The molecule has 0 bridgehead atoms. The van der Waals surface area contributed by atoms with Crippen molar-refractivity contribution in [3.05, 3.63) is 23.8 Å². The van der Waals surface area contributed by atoms with Gasteiger partial charge in [0.1, 0.15) is 5.75 Å². The number of phenolic OH excluding ortho intramolecular Hbond substituents is 1. The van der Waals surface area contributed by atoms with Crippen LogP contribution >= 0.6 is 0 Å². The number of piperidine rings is 1. The van der Waals surface area contributed by atoms with E-state index in [-0.39, 0.29) is 0 Å². The Morgan fingerprint density at radius 1 is 1.31 bits per heavy atom. The number of hydrogen-bond acceptors (Lipinski definition) is 3. The Kier molecular flexibility index (Phi) is 3.34. The minimum absolute atomic E-state index is 0.339. The molecule has 2 N–H and O–H groups in total. The molecule has 1 aliphatic heterocycles. The van der Waals surface area contributed by atoms with Crippen LogP contribution in [0.4, 0.5) is 5.69 Å². The summed E-state index contributed by atoms with van der Waals surface area (Å²) in [5, 5.41) is 12.9. The van der Waals surface area contributed by atoms with Gasteiger partial charge in [-0.3, -0.25) is 0 Å². The average molecular weight is 220 g/mol. The number of nitrogens with zero attached hydrogens (tertiary/aromatic N) is 1. The van der Waals surface area contributed by atoms with Crippen molar-refractivity contribution in [2.45, 2.75) is 25.8 Å². The molecule has 0 amide bonds. The molecule has 0 aromatic heterocycles. The number of aryl methyl sites for hydroxylation is 1. The molecule has 1 aliphatic rings. The predicted octanol–water partition coefficient (Wildman–Crippen LogP) is 2.21. The lowest BCUT2D eigenvalue weighted by Crippen LogP contribution is -2.36. The van der Waals surface area contributed by atoms with Crippen LogP contribution in [0.1, 0.15) is 18.4 Å². The van der Waals surface area contributed by atoms with Gasteiger partial charge >= 0.3 is 0 Å². The molecule has 0 unspecified atom stereocenters. The van der Waals surface area contributed by atoms with Crippen LogP contribution in [0.5, 0.6) is 5.75 Å². The molecule has 0 aliphatic carbocycles. The smallest absolute Gasteiger partial charge is 0.115 e. The van der Waals surface area contributed by atoms with Gasteiger partial charge in [0.2, 0.25) is 0 Å². The summed E-state index contributed by atoms with van der Waals surface area (Å²) in [6, 6.07) is 6.07.